The zero-order chi connectivity index (χ0) is 17.0. The zero-order valence-corrected chi connectivity index (χ0v) is 14.1. The summed E-state index contributed by atoms with van der Waals surface area (Å²) in [4.78, 5) is 12.1. The molecule has 2 rings (SSSR count). The van der Waals surface area contributed by atoms with Crippen molar-refractivity contribution in [2.75, 3.05) is 18.2 Å². The number of sulfone groups is 1. The highest BCUT2D eigenvalue weighted by Crippen LogP contribution is 2.19. The lowest BCUT2D eigenvalue weighted by molar-refractivity contribution is -0.118. The molecule has 5 nitrogen and oxygen atoms in total. The Balaban J connectivity index is 1.94. The van der Waals surface area contributed by atoms with Crippen molar-refractivity contribution in [2.45, 2.75) is 18.7 Å². The second-order valence-electron chi connectivity index (χ2n) is 5.40. The summed E-state index contributed by atoms with van der Waals surface area (Å²) < 4.78 is 28.2. The molecule has 0 heterocycles. The molecule has 0 saturated heterocycles. The predicted molar refractivity (Wildman–Crippen MR) is 89.6 cm³/mol. The van der Waals surface area contributed by atoms with Crippen LogP contribution in [0.4, 0.5) is 5.69 Å². The van der Waals surface area contributed by atoms with Crippen molar-refractivity contribution in [1.82, 2.24) is 0 Å². The van der Waals surface area contributed by atoms with Gasteiger partial charge in [0.1, 0.15) is 5.75 Å². The van der Waals surface area contributed by atoms with E-state index < -0.39 is 9.84 Å². The second kappa shape index (κ2) is 6.83. The van der Waals surface area contributed by atoms with Crippen molar-refractivity contribution in [3.05, 3.63) is 53.6 Å². The van der Waals surface area contributed by atoms with Crippen molar-refractivity contribution < 1.29 is 17.9 Å². The summed E-state index contributed by atoms with van der Waals surface area (Å²) in [5.74, 6) is 0.357. The van der Waals surface area contributed by atoms with E-state index in [0.717, 1.165) is 17.4 Å². The number of rotatable bonds is 5. The number of benzene rings is 2. The van der Waals surface area contributed by atoms with Gasteiger partial charge in [0.2, 0.25) is 0 Å². The second-order valence-corrected chi connectivity index (χ2v) is 7.42. The van der Waals surface area contributed by atoms with Gasteiger partial charge in [-0.05, 0) is 49.7 Å². The molecule has 2 aromatic rings. The van der Waals surface area contributed by atoms with Crippen LogP contribution in [0.1, 0.15) is 11.1 Å². The maximum atomic E-state index is 11.9. The van der Waals surface area contributed by atoms with Crippen LogP contribution in [0.5, 0.6) is 5.75 Å². The largest absolute Gasteiger partial charge is 0.483 e. The third kappa shape index (κ3) is 4.82. The summed E-state index contributed by atoms with van der Waals surface area (Å²) in [7, 11) is -3.24. The van der Waals surface area contributed by atoms with Crippen LogP contribution >= 0.6 is 0 Å². The first kappa shape index (κ1) is 17.0. The Kier molecular flexibility index (Phi) is 5.05. The number of carbonyl (C=O) groups is 1. The number of aryl methyl sites for hydroxylation is 2. The molecule has 0 bridgehead atoms. The quantitative estimate of drug-likeness (QED) is 0.913. The van der Waals surface area contributed by atoms with Gasteiger partial charge in [-0.25, -0.2) is 8.42 Å². The summed E-state index contributed by atoms with van der Waals surface area (Å²) in [6.07, 6.45) is 1.14. The molecule has 2 aromatic carbocycles. The van der Waals surface area contributed by atoms with E-state index in [1.165, 1.54) is 12.1 Å². The number of anilines is 1. The Morgan fingerprint density at radius 3 is 2.30 bits per heavy atom. The minimum Gasteiger partial charge on any atom is -0.483 e. The standard InChI is InChI=1S/C17H19NO4S/c1-12-4-9-16(13(2)10-12)22-11-17(19)18-14-5-7-15(8-6-14)23(3,20)21/h4-10H,11H2,1-3H3,(H,18,19). The van der Waals surface area contributed by atoms with Gasteiger partial charge in [-0.2, -0.15) is 0 Å². The summed E-state index contributed by atoms with van der Waals surface area (Å²) in [5.41, 5.74) is 2.62. The van der Waals surface area contributed by atoms with Crippen LogP contribution in [-0.4, -0.2) is 27.2 Å². The van der Waals surface area contributed by atoms with Crippen LogP contribution < -0.4 is 10.1 Å². The Morgan fingerprint density at radius 1 is 1.09 bits per heavy atom. The summed E-state index contributed by atoms with van der Waals surface area (Å²) in [6.45, 7) is 3.80. The van der Waals surface area contributed by atoms with Crippen LogP contribution in [0.2, 0.25) is 0 Å². The van der Waals surface area contributed by atoms with Crippen molar-refractivity contribution in [3.8, 4) is 5.75 Å². The highest BCUT2D eigenvalue weighted by Gasteiger charge is 2.08. The summed E-state index contributed by atoms with van der Waals surface area (Å²) in [5, 5.41) is 2.66. The van der Waals surface area contributed by atoms with Crippen molar-refractivity contribution in [2.24, 2.45) is 0 Å². The minimum absolute atomic E-state index is 0.113. The van der Waals surface area contributed by atoms with E-state index in [2.05, 4.69) is 5.32 Å². The van der Waals surface area contributed by atoms with E-state index in [1.807, 2.05) is 32.0 Å². The number of hydrogen-bond acceptors (Lipinski definition) is 4. The number of amides is 1. The van der Waals surface area contributed by atoms with Crippen LogP contribution in [0.3, 0.4) is 0 Å². The van der Waals surface area contributed by atoms with E-state index in [-0.39, 0.29) is 17.4 Å². The van der Waals surface area contributed by atoms with Gasteiger partial charge < -0.3 is 10.1 Å². The molecule has 0 aliphatic carbocycles. The molecule has 23 heavy (non-hydrogen) atoms. The number of ether oxygens (including phenoxy) is 1. The Bertz CT molecular complexity index is 811. The van der Waals surface area contributed by atoms with E-state index in [0.29, 0.717) is 11.4 Å². The van der Waals surface area contributed by atoms with Gasteiger partial charge in [-0.3, -0.25) is 4.79 Å². The minimum atomic E-state index is -3.24. The lowest BCUT2D eigenvalue weighted by Gasteiger charge is -2.10. The van der Waals surface area contributed by atoms with Gasteiger partial charge in [-0.15, -0.1) is 0 Å². The molecule has 0 fully saturated rings. The van der Waals surface area contributed by atoms with Crippen LogP contribution in [0, 0.1) is 13.8 Å². The summed E-state index contributed by atoms with van der Waals surface area (Å²) in [6, 6.07) is 11.7. The molecule has 0 aliphatic heterocycles. The Labute approximate surface area is 136 Å². The maximum Gasteiger partial charge on any atom is 0.262 e. The molecular weight excluding hydrogens is 314 g/mol. The van der Waals surface area contributed by atoms with Gasteiger partial charge >= 0.3 is 0 Å². The molecule has 0 spiro atoms. The monoisotopic (exact) mass is 333 g/mol. The fourth-order valence-electron chi connectivity index (χ4n) is 2.09. The van der Waals surface area contributed by atoms with Gasteiger partial charge in [-0.1, -0.05) is 17.7 Å². The van der Waals surface area contributed by atoms with Crippen LogP contribution in [0.15, 0.2) is 47.4 Å². The molecule has 0 saturated carbocycles. The van der Waals surface area contributed by atoms with E-state index in [9.17, 15) is 13.2 Å². The zero-order valence-electron chi connectivity index (χ0n) is 13.3. The molecule has 0 radical (unpaired) electrons. The van der Waals surface area contributed by atoms with Gasteiger partial charge in [0.15, 0.2) is 16.4 Å². The van der Waals surface area contributed by atoms with E-state index >= 15 is 0 Å². The fraction of sp³-hybridized carbons (Fsp3) is 0.235. The lowest BCUT2D eigenvalue weighted by atomic mass is 10.1. The molecule has 0 aromatic heterocycles. The molecule has 0 atom stereocenters. The number of hydrogen-bond donors (Lipinski definition) is 1. The van der Waals surface area contributed by atoms with Crippen molar-refractivity contribution in [1.29, 1.82) is 0 Å². The molecule has 0 unspecified atom stereocenters. The van der Waals surface area contributed by atoms with Crippen LogP contribution in [-0.2, 0) is 14.6 Å². The number of nitrogens with one attached hydrogen (secondary N) is 1. The summed E-state index contributed by atoms with van der Waals surface area (Å²) >= 11 is 0. The van der Waals surface area contributed by atoms with Crippen molar-refractivity contribution in [3.63, 3.8) is 0 Å². The molecule has 122 valence electrons. The maximum absolute atomic E-state index is 11.9. The smallest absolute Gasteiger partial charge is 0.262 e. The molecule has 6 heteroatoms. The van der Waals surface area contributed by atoms with E-state index in [4.69, 9.17) is 4.74 Å². The highest BCUT2D eigenvalue weighted by molar-refractivity contribution is 7.90. The third-order valence-corrected chi connectivity index (χ3v) is 4.38. The first-order valence-electron chi connectivity index (χ1n) is 7.06. The first-order chi connectivity index (χ1) is 10.8. The van der Waals surface area contributed by atoms with Crippen molar-refractivity contribution >= 4 is 21.4 Å². The first-order valence-corrected chi connectivity index (χ1v) is 8.95. The molecule has 1 amide bonds. The van der Waals surface area contributed by atoms with Gasteiger partial charge in [0, 0.05) is 11.9 Å². The highest BCUT2D eigenvalue weighted by atomic mass is 32.2. The van der Waals surface area contributed by atoms with Gasteiger partial charge in [0.05, 0.1) is 4.90 Å². The lowest BCUT2D eigenvalue weighted by Crippen LogP contribution is -2.20. The fourth-order valence-corrected chi connectivity index (χ4v) is 2.72. The molecule has 0 aliphatic rings. The van der Waals surface area contributed by atoms with E-state index in [1.54, 1.807) is 12.1 Å². The average molecular weight is 333 g/mol. The van der Waals surface area contributed by atoms with Gasteiger partial charge in [0.25, 0.3) is 5.91 Å². The number of carbonyl (C=O) groups excluding carboxylic acids is 1. The normalized spacial score (nSPS) is 11.1. The Hall–Kier alpha value is -2.34. The SMILES string of the molecule is Cc1ccc(OCC(=O)Nc2ccc(S(C)(=O)=O)cc2)c(C)c1. The topological polar surface area (TPSA) is 72.5 Å². The Morgan fingerprint density at radius 2 is 1.74 bits per heavy atom. The molecular formula is C17H19NO4S. The average Bonchev–Trinajstić information content (AvgIpc) is 2.46. The van der Waals surface area contributed by atoms with Crippen LogP contribution in [0.25, 0.3) is 0 Å². The third-order valence-electron chi connectivity index (χ3n) is 3.26. The predicted octanol–water partition coefficient (Wildman–Crippen LogP) is 2.72. The molecule has 1 N–H and O–H groups in total.